The number of nitrogen functional groups attached to an aromatic ring is 1. The van der Waals surface area contributed by atoms with Crippen LogP contribution in [-0.4, -0.2) is 50.3 Å². The average molecular weight is 343 g/mol. The zero-order valence-electron chi connectivity index (χ0n) is 11.9. The third kappa shape index (κ3) is 2.82. The predicted molar refractivity (Wildman–Crippen MR) is 80.8 cm³/mol. The van der Waals surface area contributed by atoms with E-state index in [1.165, 1.54) is 0 Å². The molecule has 1 aliphatic heterocycles. The van der Waals surface area contributed by atoms with E-state index in [9.17, 15) is 4.79 Å². The third-order valence-corrected chi connectivity index (χ3v) is 4.21. The molecule has 1 aromatic carbocycles. The molecule has 0 spiro atoms. The number of halogens is 1. The number of anilines is 1. The number of hydrogen-bond acceptors (Lipinski definition) is 4. The largest absolute Gasteiger partial charge is 0.398 e. The van der Waals surface area contributed by atoms with E-state index in [0.29, 0.717) is 24.3 Å². The summed E-state index contributed by atoms with van der Waals surface area (Å²) in [5.74, 6) is -0.0444. The topological polar surface area (TPSA) is 64.8 Å². The van der Waals surface area contributed by atoms with Crippen LogP contribution >= 0.6 is 15.9 Å². The Labute approximate surface area is 127 Å². The first kappa shape index (κ1) is 15.3. The van der Waals surface area contributed by atoms with E-state index in [2.05, 4.69) is 15.9 Å². The minimum absolute atomic E-state index is 0.0444. The van der Waals surface area contributed by atoms with Gasteiger partial charge in [0.2, 0.25) is 0 Å². The van der Waals surface area contributed by atoms with Crippen LogP contribution in [0.15, 0.2) is 16.6 Å². The number of carbonyl (C=O) groups is 1. The van der Waals surface area contributed by atoms with E-state index in [-0.39, 0.29) is 18.1 Å². The summed E-state index contributed by atoms with van der Waals surface area (Å²) in [7, 11) is 3.26. The van der Waals surface area contributed by atoms with Crippen molar-refractivity contribution in [1.82, 2.24) is 4.90 Å². The minimum Gasteiger partial charge on any atom is -0.398 e. The van der Waals surface area contributed by atoms with Crippen LogP contribution < -0.4 is 5.73 Å². The van der Waals surface area contributed by atoms with E-state index in [0.717, 1.165) is 10.0 Å². The van der Waals surface area contributed by atoms with E-state index in [1.54, 1.807) is 31.3 Å². The maximum absolute atomic E-state index is 12.6. The molecule has 1 heterocycles. The Morgan fingerprint density at radius 2 is 1.85 bits per heavy atom. The molecule has 2 N–H and O–H groups in total. The van der Waals surface area contributed by atoms with Crippen LogP contribution in [0.25, 0.3) is 0 Å². The Morgan fingerprint density at radius 3 is 2.35 bits per heavy atom. The first-order valence-electron chi connectivity index (χ1n) is 6.38. The van der Waals surface area contributed by atoms with Gasteiger partial charge in [-0.15, -0.1) is 0 Å². The van der Waals surface area contributed by atoms with Crippen LogP contribution in [0, 0.1) is 6.92 Å². The van der Waals surface area contributed by atoms with Gasteiger partial charge in [0.1, 0.15) is 12.2 Å². The van der Waals surface area contributed by atoms with Crippen molar-refractivity contribution in [1.29, 1.82) is 0 Å². The van der Waals surface area contributed by atoms with E-state index >= 15 is 0 Å². The van der Waals surface area contributed by atoms with Gasteiger partial charge in [-0.3, -0.25) is 4.79 Å². The number of carbonyl (C=O) groups excluding carboxylic acids is 1. The monoisotopic (exact) mass is 342 g/mol. The molecule has 2 atom stereocenters. The van der Waals surface area contributed by atoms with Gasteiger partial charge in [0, 0.05) is 43.0 Å². The fourth-order valence-corrected chi connectivity index (χ4v) is 2.93. The molecule has 2 rings (SSSR count). The lowest BCUT2D eigenvalue weighted by Crippen LogP contribution is -2.30. The Morgan fingerprint density at radius 1 is 1.30 bits per heavy atom. The van der Waals surface area contributed by atoms with Crippen molar-refractivity contribution in [2.45, 2.75) is 19.1 Å². The summed E-state index contributed by atoms with van der Waals surface area (Å²) in [4.78, 5) is 14.4. The molecule has 6 heteroatoms. The molecule has 0 aliphatic carbocycles. The standard InChI is InChI=1S/C14H19BrN2O3/c1-8-10(4-9(15)5-11(8)16)14(18)17-6-12(19-2)13(7-17)20-3/h4-5,12-13H,6-7,16H2,1-3H3. The molecule has 2 unspecified atom stereocenters. The molecule has 20 heavy (non-hydrogen) atoms. The van der Waals surface area contributed by atoms with E-state index in [4.69, 9.17) is 15.2 Å². The molecule has 0 aromatic heterocycles. The highest BCUT2D eigenvalue weighted by molar-refractivity contribution is 9.10. The van der Waals surface area contributed by atoms with Gasteiger partial charge in [0.05, 0.1) is 0 Å². The smallest absolute Gasteiger partial charge is 0.254 e. The number of amides is 1. The Hall–Kier alpha value is -1.11. The van der Waals surface area contributed by atoms with Gasteiger partial charge in [0.15, 0.2) is 0 Å². The summed E-state index contributed by atoms with van der Waals surface area (Å²) < 4.78 is 11.5. The van der Waals surface area contributed by atoms with Crippen LogP contribution in [0.2, 0.25) is 0 Å². The first-order chi connectivity index (χ1) is 9.47. The van der Waals surface area contributed by atoms with Gasteiger partial charge >= 0.3 is 0 Å². The number of benzene rings is 1. The van der Waals surface area contributed by atoms with Crippen molar-refractivity contribution in [3.63, 3.8) is 0 Å². The summed E-state index contributed by atoms with van der Waals surface area (Å²) in [6.45, 7) is 2.91. The second-order valence-corrected chi connectivity index (χ2v) is 5.84. The summed E-state index contributed by atoms with van der Waals surface area (Å²) >= 11 is 3.37. The zero-order valence-corrected chi connectivity index (χ0v) is 13.4. The first-order valence-corrected chi connectivity index (χ1v) is 7.17. The van der Waals surface area contributed by atoms with E-state index in [1.807, 2.05) is 6.92 Å². The quantitative estimate of drug-likeness (QED) is 0.851. The maximum atomic E-state index is 12.6. The Kier molecular flexibility index (Phi) is 4.67. The number of hydrogen-bond donors (Lipinski definition) is 1. The Balaban J connectivity index is 2.25. The lowest BCUT2D eigenvalue weighted by Gasteiger charge is -2.18. The Bertz CT molecular complexity index is 509. The molecule has 1 aromatic rings. The van der Waals surface area contributed by atoms with E-state index < -0.39 is 0 Å². The van der Waals surface area contributed by atoms with Crippen molar-refractivity contribution < 1.29 is 14.3 Å². The minimum atomic E-state index is -0.0891. The third-order valence-electron chi connectivity index (χ3n) is 3.75. The van der Waals surface area contributed by atoms with Crippen LogP contribution in [0.1, 0.15) is 15.9 Å². The van der Waals surface area contributed by atoms with Crippen LogP contribution in [0.5, 0.6) is 0 Å². The number of rotatable bonds is 3. The van der Waals surface area contributed by atoms with Gasteiger partial charge in [-0.25, -0.2) is 0 Å². The molecule has 110 valence electrons. The maximum Gasteiger partial charge on any atom is 0.254 e. The number of methoxy groups -OCH3 is 2. The summed E-state index contributed by atoms with van der Waals surface area (Å²) in [6.07, 6.45) is -0.178. The van der Waals surface area contributed by atoms with Gasteiger partial charge in [-0.05, 0) is 24.6 Å². The van der Waals surface area contributed by atoms with Crippen molar-refractivity contribution in [3.05, 3.63) is 27.7 Å². The molecule has 1 aliphatic rings. The molecule has 1 fully saturated rings. The van der Waals surface area contributed by atoms with Crippen LogP contribution in [-0.2, 0) is 9.47 Å². The fourth-order valence-electron chi connectivity index (χ4n) is 2.46. The predicted octanol–water partition coefficient (Wildman–Crippen LogP) is 1.83. The van der Waals surface area contributed by atoms with Crippen molar-refractivity contribution >= 4 is 27.5 Å². The second-order valence-electron chi connectivity index (χ2n) is 4.93. The SMILES string of the molecule is COC1CN(C(=O)c2cc(Br)cc(N)c2C)CC1OC. The molecule has 0 radical (unpaired) electrons. The molecule has 1 saturated heterocycles. The lowest BCUT2D eigenvalue weighted by molar-refractivity contribution is -0.00461. The molecular weight excluding hydrogens is 324 g/mol. The highest BCUT2D eigenvalue weighted by Gasteiger charge is 2.36. The van der Waals surface area contributed by atoms with Crippen LogP contribution in [0.3, 0.4) is 0 Å². The molecule has 0 saturated carbocycles. The second kappa shape index (κ2) is 6.11. The average Bonchev–Trinajstić information content (AvgIpc) is 2.85. The number of nitrogens with zero attached hydrogens (tertiary/aromatic N) is 1. The number of ether oxygens (including phenoxy) is 2. The molecule has 1 amide bonds. The molecular formula is C14H19BrN2O3. The number of likely N-dealkylation sites (tertiary alicyclic amines) is 1. The lowest BCUT2D eigenvalue weighted by atomic mass is 10.1. The summed E-state index contributed by atoms with van der Waals surface area (Å²) in [5, 5.41) is 0. The number of nitrogens with two attached hydrogens (primary N) is 1. The fraction of sp³-hybridized carbons (Fsp3) is 0.500. The van der Waals surface area contributed by atoms with Gasteiger partial charge < -0.3 is 20.1 Å². The van der Waals surface area contributed by atoms with Gasteiger partial charge in [0.25, 0.3) is 5.91 Å². The summed E-state index contributed by atoms with van der Waals surface area (Å²) in [6, 6.07) is 3.60. The van der Waals surface area contributed by atoms with Crippen molar-refractivity contribution in [2.24, 2.45) is 0 Å². The normalized spacial score (nSPS) is 22.3. The zero-order chi connectivity index (χ0) is 14.9. The highest BCUT2D eigenvalue weighted by Crippen LogP contribution is 2.26. The summed E-state index contributed by atoms with van der Waals surface area (Å²) in [5.41, 5.74) is 7.93. The molecule has 0 bridgehead atoms. The van der Waals surface area contributed by atoms with Gasteiger partial charge in [-0.2, -0.15) is 0 Å². The van der Waals surface area contributed by atoms with Crippen LogP contribution in [0.4, 0.5) is 5.69 Å². The van der Waals surface area contributed by atoms with Crippen molar-refractivity contribution in [3.8, 4) is 0 Å². The molecule has 5 nitrogen and oxygen atoms in total. The van der Waals surface area contributed by atoms with Gasteiger partial charge in [-0.1, -0.05) is 15.9 Å². The van der Waals surface area contributed by atoms with Crippen molar-refractivity contribution in [2.75, 3.05) is 33.0 Å². The highest BCUT2D eigenvalue weighted by atomic mass is 79.9.